The predicted molar refractivity (Wildman–Crippen MR) is 100 cm³/mol. The summed E-state index contributed by atoms with van der Waals surface area (Å²) in [5.41, 5.74) is 0.198. The Labute approximate surface area is 149 Å². The maximum atomic E-state index is 12.7. The van der Waals surface area contributed by atoms with Crippen LogP contribution in [0.5, 0.6) is 0 Å². The molecule has 0 fully saturated rings. The van der Waals surface area contributed by atoms with Crippen LogP contribution in [0.1, 0.15) is 60.8 Å². The van der Waals surface area contributed by atoms with E-state index in [4.69, 9.17) is 0 Å². The van der Waals surface area contributed by atoms with Gasteiger partial charge in [-0.1, -0.05) is 34.6 Å². The second-order valence-electron chi connectivity index (χ2n) is 7.74. The molecule has 1 rings (SSSR count). The largest absolute Gasteiger partial charge is 0.331 e. The van der Waals surface area contributed by atoms with Crippen molar-refractivity contribution >= 4 is 28.3 Å². The fourth-order valence-electron chi connectivity index (χ4n) is 2.84. The van der Waals surface area contributed by atoms with Gasteiger partial charge in [-0.05, 0) is 31.1 Å². The van der Waals surface area contributed by atoms with Crippen molar-refractivity contribution in [2.24, 2.45) is 11.3 Å². The molecular weight excluding hydrogens is 322 g/mol. The lowest BCUT2D eigenvalue weighted by atomic mass is 9.84. The van der Waals surface area contributed by atoms with Gasteiger partial charge in [0.1, 0.15) is 6.54 Å². The third-order valence-corrected chi connectivity index (χ3v) is 4.61. The first-order chi connectivity index (χ1) is 11.1. The lowest BCUT2D eigenvalue weighted by Gasteiger charge is -2.30. The summed E-state index contributed by atoms with van der Waals surface area (Å²) in [5.74, 6) is 0.156. The van der Waals surface area contributed by atoms with Crippen LogP contribution in [0.25, 0.3) is 0 Å². The average molecular weight is 354 g/mol. The van der Waals surface area contributed by atoms with Gasteiger partial charge in [-0.3, -0.25) is 9.59 Å². The summed E-state index contributed by atoms with van der Waals surface area (Å²) in [6.07, 6.45) is 3.93. The molecule has 0 saturated heterocycles. The van der Waals surface area contributed by atoms with Crippen molar-refractivity contribution in [1.29, 1.82) is 0 Å². The van der Waals surface area contributed by atoms with E-state index in [-0.39, 0.29) is 29.8 Å². The zero-order valence-corrected chi connectivity index (χ0v) is 16.6. The normalized spacial score (nSPS) is 14.1. The molecular formula is C18H31N3O2S. The second-order valence-corrected chi connectivity index (χ2v) is 8.63. The number of carbonyl (C=O) groups excluding carboxylic acids is 2. The molecule has 0 spiro atoms. The Balaban J connectivity index is 2.66. The molecule has 1 aromatic rings. The van der Waals surface area contributed by atoms with Crippen LogP contribution < -0.4 is 5.32 Å². The molecule has 0 aliphatic heterocycles. The predicted octanol–water partition coefficient (Wildman–Crippen LogP) is 4.17. The minimum atomic E-state index is -0.193. The van der Waals surface area contributed by atoms with Gasteiger partial charge < -0.3 is 10.2 Å². The van der Waals surface area contributed by atoms with Crippen LogP contribution >= 0.6 is 11.3 Å². The number of hydrogen-bond acceptors (Lipinski definition) is 4. The first-order valence-corrected chi connectivity index (χ1v) is 9.49. The fraction of sp³-hybridized carbons (Fsp3) is 0.722. The monoisotopic (exact) mass is 353 g/mol. The number of anilines is 1. The van der Waals surface area contributed by atoms with Crippen molar-refractivity contribution in [2.45, 2.75) is 66.8 Å². The molecule has 2 atom stereocenters. The molecule has 136 valence electrons. The minimum Gasteiger partial charge on any atom is -0.331 e. The average Bonchev–Trinajstić information content (AvgIpc) is 2.94. The van der Waals surface area contributed by atoms with Gasteiger partial charge in [0.15, 0.2) is 5.13 Å². The quantitative estimate of drug-likeness (QED) is 0.763. The molecule has 24 heavy (non-hydrogen) atoms. The molecule has 1 N–H and O–H groups in total. The topological polar surface area (TPSA) is 62.3 Å². The zero-order chi connectivity index (χ0) is 18.3. The van der Waals surface area contributed by atoms with Crippen LogP contribution in [0.3, 0.4) is 0 Å². The highest BCUT2D eigenvalue weighted by molar-refractivity contribution is 7.13. The van der Waals surface area contributed by atoms with Gasteiger partial charge in [-0.15, -0.1) is 11.3 Å². The van der Waals surface area contributed by atoms with E-state index in [1.807, 2.05) is 13.8 Å². The van der Waals surface area contributed by atoms with Gasteiger partial charge in [0.2, 0.25) is 11.8 Å². The van der Waals surface area contributed by atoms with Gasteiger partial charge in [-0.25, -0.2) is 4.98 Å². The van der Waals surface area contributed by atoms with Crippen LogP contribution in [-0.4, -0.2) is 34.3 Å². The Morgan fingerprint density at radius 1 is 1.33 bits per heavy atom. The Kier molecular flexibility index (Phi) is 7.87. The van der Waals surface area contributed by atoms with Crippen LogP contribution in [-0.2, 0) is 9.59 Å². The Hall–Kier alpha value is -1.43. The highest BCUT2D eigenvalue weighted by Gasteiger charge is 2.25. The number of thiazole rings is 1. The van der Waals surface area contributed by atoms with E-state index in [1.54, 1.807) is 16.5 Å². The second kappa shape index (κ2) is 9.16. The lowest BCUT2D eigenvalue weighted by Crippen LogP contribution is -2.44. The number of amides is 2. The van der Waals surface area contributed by atoms with Crippen LogP contribution in [0.2, 0.25) is 0 Å². The van der Waals surface area contributed by atoms with E-state index in [1.165, 1.54) is 11.3 Å². The number of aromatic nitrogens is 1. The van der Waals surface area contributed by atoms with Crippen molar-refractivity contribution in [2.75, 3.05) is 11.9 Å². The number of nitrogens with one attached hydrogen (secondary N) is 1. The fourth-order valence-corrected chi connectivity index (χ4v) is 3.39. The highest BCUT2D eigenvalue weighted by Crippen LogP contribution is 2.26. The Morgan fingerprint density at radius 2 is 2.00 bits per heavy atom. The third kappa shape index (κ3) is 7.43. The SMILES string of the molecule is CC[C@H](C)N(CC(=O)Nc1nccs1)C(=O)C[C@H](C)CC(C)(C)C. The van der Waals surface area contributed by atoms with Crippen LogP contribution in [0.4, 0.5) is 5.13 Å². The summed E-state index contributed by atoms with van der Waals surface area (Å²) in [4.78, 5) is 30.7. The molecule has 2 amide bonds. The number of carbonyl (C=O) groups is 2. The number of nitrogens with zero attached hydrogens (tertiary/aromatic N) is 2. The summed E-state index contributed by atoms with van der Waals surface area (Å²) in [7, 11) is 0. The molecule has 0 unspecified atom stereocenters. The summed E-state index contributed by atoms with van der Waals surface area (Å²) >= 11 is 1.37. The van der Waals surface area contributed by atoms with Crippen molar-refractivity contribution in [3.63, 3.8) is 0 Å². The summed E-state index contributed by atoms with van der Waals surface area (Å²) in [6, 6.07) is 0.0429. The molecule has 5 nitrogen and oxygen atoms in total. The molecule has 1 heterocycles. The first-order valence-electron chi connectivity index (χ1n) is 8.61. The standard InChI is InChI=1S/C18H31N3O2S/c1-7-14(3)21(12-15(22)20-17-19-8-9-24-17)16(23)10-13(2)11-18(4,5)6/h8-9,13-14H,7,10-12H2,1-6H3,(H,19,20,22)/t13-,14-/m0/s1. The van der Waals surface area contributed by atoms with E-state index in [0.29, 0.717) is 17.5 Å². The molecule has 1 aromatic heterocycles. The van der Waals surface area contributed by atoms with Crippen molar-refractivity contribution in [1.82, 2.24) is 9.88 Å². The maximum absolute atomic E-state index is 12.7. The van der Waals surface area contributed by atoms with Gasteiger partial charge in [-0.2, -0.15) is 0 Å². The molecule has 6 heteroatoms. The highest BCUT2D eigenvalue weighted by atomic mass is 32.1. The Morgan fingerprint density at radius 3 is 2.50 bits per heavy atom. The molecule has 0 aliphatic rings. The van der Waals surface area contributed by atoms with Crippen molar-refractivity contribution in [3.05, 3.63) is 11.6 Å². The van der Waals surface area contributed by atoms with Crippen LogP contribution in [0.15, 0.2) is 11.6 Å². The van der Waals surface area contributed by atoms with E-state index in [2.05, 4.69) is 38.0 Å². The smallest absolute Gasteiger partial charge is 0.245 e. The van der Waals surface area contributed by atoms with Crippen molar-refractivity contribution in [3.8, 4) is 0 Å². The van der Waals surface area contributed by atoms with Gasteiger partial charge in [0, 0.05) is 24.0 Å². The molecule has 0 aromatic carbocycles. The van der Waals surface area contributed by atoms with E-state index >= 15 is 0 Å². The summed E-state index contributed by atoms with van der Waals surface area (Å²) in [6.45, 7) is 12.8. The molecule has 0 bridgehead atoms. The van der Waals surface area contributed by atoms with Gasteiger partial charge in [0.25, 0.3) is 0 Å². The zero-order valence-electron chi connectivity index (χ0n) is 15.8. The van der Waals surface area contributed by atoms with E-state index in [9.17, 15) is 9.59 Å². The first kappa shape index (κ1) is 20.6. The minimum absolute atomic E-state index is 0.0429. The summed E-state index contributed by atoms with van der Waals surface area (Å²) in [5, 5.41) is 5.13. The number of hydrogen-bond donors (Lipinski definition) is 1. The van der Waals surface area contributed by atoms with Crippen molar-refractivity contribution < 1.29 is 9.59 Å². The molecule has 0 radical (unpaired) electrons. The van der Waals surface area contributed by atoms with E-state index < -0.39 is 0 Å². The molecule has 0 saturated carbocycles. The lowest BCUT2D eigenvalue weighted by molar-refractivity contribution is -0.137. The Bertz CT molecular complexity index is 523. The summed E-state index contributed by atoms with van der Waals surface area (Å²) < 4.78 is 0. The van der Waals surface area contributed by atoms with Gasteiger partial charge in [0.05, 0.1) is 0 Å². The van der Waals surface area contributed by atoms with Crippen LogP contribution in [0, 0.1) is 11.3 Å². The van der Waals surface area contributed by atoms with E-state index in [0.717, 1.165) is 12.8 Å². The van der Waals surface area contributed by atoms with Gasteiger partial charge >= 0.3 is 0 Å². The number of rotatable bonds is 8. The molecule has 0 aliphatic carbocycles. The third-order valence-electron chi connectivity index (χ3n) is 3.92. The maximum Gasteiger partial charge on any atom is 0.245 e.